The van der Waals surface area contributed by atoms with Crippen LogP contribution in [0.1, 0.15) is 11.1 Å². The van der Waals surface area contributed by atoms with E-state index < -0.39 is 10.0 Å². The van der Waals surface area contributed by atoms with Gasteiger partial charge in [-0.05, 0) is 30.3 Å². The first kappa shape index (κ1) is 14.7. The SMILES string of the molecule is O=S(=O)(Nc1c2c(cc3c1OCC3)OCC2)c1ccc(Cl)cc1. The molecule has 5 nitrogen and oxygen atoms in total. The molecule has 0 atom stereocenters. The van der Waals surface area contributed by atoms with Gasteiger partial charge in [0, 0.05) is 29.0 Å². The highest BCUT2D eigenvalue weighted by Gasteiger charge is 2.29. The minimum absolute atomic E-state index is 0.158. The summed E-state index contributed by atoms with van der Waals surface area (Å²) >= 11 is 5.82. The maximum Gasteiger partial charge on any atom is 0.262 e. The zero-order valence-electron chi connectivity index (χ0n) is 12.1. The monoisotopic (exact) mass is 351 g/mol. The maximum absolute atomic E-state index is 12.7. The second-order valence-electron chi connectivity index (χ2n) is 5.47. The molecule has 120 valence electrons. The van der Waals surface area contributed by atoms with Crippen molar-refractivity contribution in [3.8, 4) is 11.5 Å². The number of hydrogen-bond donors (Lipinski definition) is 1. The van der Waals surface area contributed by atoms with Gasteiger partial charge in [0.25, 0.3) is 10.0 Å². The topological polar surface area (TPSA) is 64.6 Å². The van der Waals surface area contributed by atoms with E-state index in [9.17, 15) is 8.42 Å². The molecule has 2 aromatic carbocycles. The standard InChI is InChI=1S/C16H14ClNO4S/c17-11-1-3-12(4-2-11)23(19,20)18-15-13-6-8-21-14(13)9-10-5-7-22-16(10)15/h1-4,9,18H,5-8H2. The summed E-state index contributed by atoms with van der Waals surface area (Å²) in [6, 6.07) is 8.01. The number of halogens is 1. The third-order valence-corrected chi connectivity index (χ3v) is 5.63. The first-order valence-corrected chi connectivity index (χ1v) is 9.13. The molecule has 7 heteroatoms. The van der Waals surface area contributed by atoms with Crippen LogP contribution in [0.25, 0.3) is 0 Å². The van der Waals surface area contributed by atoms with Crippen molar-refractivity contribution in [2.24, 2.45) is 0 Å². The number of sulfonamides is 1. The summed E-state index contributed by atoms with van der Waals surface area (Å²) in [5.41, 5.74) is 2.32. The number of nitrogens with one attached hydrogen (secondary N) is 1. The lowest BCUT2D eigenvalue weighted by Crippen LogP contribution is -2.14. The molecule has 4 rings (SSSR count). The van der Waals surface area contributed by atoms with E-state index in [0.717, 1.165) is 23.3 Å². The van der Waals surface area contributed by atoms with Crippen molar-refractivity contribution < 1.29 is 17.9 Å². The Morgan fingerprint density at radius 2 is 1.78 bits per heavy atom. The molecule has 0 fully saturated rings. The van der Waals surface area contributed by atoms with Gasteiger partial charge in [0.15, 0.2) is 0 Å². The van der Waals surface area contributed by atoms with Gasteiger partial charge in [-0.15, -0.1) is 0 Å². The Hall–Kier alpha value is -1.92. The summed E-state index contributed by atoms with van der Waals surface area (Å²) in [7, 11) is -3.72. The van der Waals surface area contributed by atoms with Gasteiger partial charge in [-0.25, -0.2) is 8.42 Å². The average molecular weight is 352 g/mol. The molecule has 2 aromatic rings. The van der Waals surface area contributed by atoms with Crippen LogP contribution in [0.3, 0.4) is 0 Å². The zero-order chi connectivity index (χ0) is 16.0. The molecule has 0 bridgehead atoms. The van der Waals surface area contributed by atoms with Crippen LogP contribution in [-0.4, -0.2) is 21.6 Å². The number of benzene rings is 2. The van der Waals surface area contributed by atoms with Crippen LogP contribution < -0.4 is 14.2 Å². The Morgan fingerprint density at radius 3 is 2.57 bits per heavy atom. The minimum atomic E-state index is -3.72. The molecular formula is C16H14ClNO4S. The van der Waals surface area contributed by atoms with Crippen LogP contribution in [0.15, 0.2) is 35.2 Å². The number of hydrogen-bond acceptors (Lipinski definition) is 4. The van der Waals surface area contributed by atoms with Crippen molar-refractivity contribution in [2.45, 2.75) is 17.7 Å². The van der Waals surface area contributed by atoms with Gasteiger partial charge in [0.05, 0.1) is 23.8 Å². The largest absolute Gasteiger partial charge is 0.493 e. The molecule has 0 radical (unpaired) electrons. The zero-order valence-corrected chi connectivity index (χ0v) is 13.7. The summed E-state index contributed by atoms with van der Waals surface area (Å²) in [4.78, 5) is 0.158. The number of ether oxygens (including phenoxy) is 2. The molecular weight excluding hydrogens is 338 g/mol. The molecule has 2 aliphatic rings. The smallest absolute Gasteiger partial charge is 0.262 e. The molecule has 0 aromatic heterocycles. The Labute approximate surface area is 139 Å². The van der Waals surface area contributed by atoms with Crippen molar-refractivity contribution in [3.63, 3.8) is 0 Å². The van der Waals surface area contributed by atoms with Gasteiger partial charge in [-0.3, -0.25) is 4.72 Å². The summed E-state index contributed by atoms with van der Waals surface area (Å²) in [6.07, 6.45) is 1.41. The summed E-state index contributed by atoms with van der Waals surface area (Å²) in [5.74, 6) is 1.36. The van der Waals surface area contributed by atoms with Crippen LogP contribution in [0.4, 0.5) is 5.69 Å². The summed E-state index contributed by atoms with van der Waals surface area (Å²) < 4.78 is 39.2. The Bertz CT molecular complexity index is 846. The minimum Gasteiger partial charge on any atom is -0.493 e. The van der Waals surface area contributed by atoms with E-state index in [-0.39, 0.29) is 4.90 Å². The lowest BCUT2D eigenvalue weighted by molar-refractivity contribution is 0.356. The summed E-state index contributed by atoms with van der Waals surface area (Å²) in [6.45, 7) is 1.10. The second-order valence-corrected chi connectivity index (χ2v) is 7.59. The van der Waals surface area contributed by atoms with Gasteiger partial charge in [-0.1, -0.05) is 11.6 Å². The fourth-order valence-corrected chi connectivity index (χ4v) is 4.12. The van der Waals surface area contributed by atoms with Crippen LogP contribution in [-0.2, 0) is 22.9 Å². The highest BCUT2D eigenvalue weighted by atomic mass is 35.5. The van der Waals surface area contributed by atoms with Crippen molar-refractivity contribution in [1.82, 2.24) is 0 Å². The normalized spacial score (nSPS) is 15.5. The molecule has 1 N–H and O–H groups in total. The molecule has 0 amide bonds. The molecule has 0 saturated carbocycles. The molecule has 0 unspecified atom stereocenters. The number of fused-ring (bicyclic) bond motifs is 2. The van der Waals surface area contributed by atoms with Crippen LogP contribution in [0.2, 0.25) is 5.02 Å². The van der Waals surface area contributed by atoms with E-state index in [1.807, 2.05) is 6.07 Å². The van der Waals surface area contributed by atoms with Crippen molar-refractivity contribution in [2.75, 3.05) is 17.9 Å². The van der Waals surface area contributed by atoms with Crippen LogP contribution in [0, 0.1) is 0 Å². The van der Waals surface area contributed by atoms with Gasteiger partial charge in [0.1, 0.15) is 11.5 Å². The van der Waals surface area contributed by atoms with Crippen molar-refractivity contribution in [1.29, 1.82) is 0 Å². The highest BCUT2D eigenvalue weighted by Crippen LogP contribution is 2.45. The van der Waals surface area contributed by atoms with E-state index >= 15 is 0 Å². The van der Waals surface area contributed by atoms with Gasteiger partial charge < -0.3 is 9.47 Å². The van der Waals surface area contributed by atoms with E-state index in [0.29, 0.717) is 36.1 Å². The van der Waals surface area contributed by atoms with Gasteiger partial charge in [0.2, 0.25) is 0 Å². The Kier molecular flexibility index (Phi) is 3.39. The maximum atomic E-state index is 12.7. The fraction of sp³-hybridized carbons (Fsp3) is 0.250. The second kappa shape index (κ2) is 5.32. The predicted molar refractivity (Wildman–Crippen MR) is 87.1 cm³/mol. The van der Waals surface area contributed by atoms with Crippen molar-refractivity contribution >= 4 is 27.3 Å². The van der Waals surface area contributed by atoms with E-state index in [1.54, 1.807) is 12.1 Å². The first-order chi connectivity index (χ1) is 11.0. The Morgan fingerprint density at radius 1 is 1.04 bits per heavy atom. The van der Waals surface area contributed by atoms with E-state index in [1.165, 1.54) is 12.1 Å². The molecule has 2 aliphatic heterocycles. The third kappa shape index (κ3) is 2.52. The van der Waals surface area contributed by atoms with Crippen molar-refractivity contribution in [3.05, 3.63) is 46.5 Å². The van der Waals surface area contributed by atoms with Gasteiger partial charge >= 0.3 is 0 Å². The number of rotatable bonds is 3. The highest BCUT2D eigenvalue weighted by molar-refractivity contribution is 7.92. The molecule has 0 aliphatic carbocycles. The Balaban J connectivity index is 1.79. The number of anilines is 1. The van der Waals surface area contributed by atoms with Gasteiger partial charge in [-0.2, -0.15) is 0 Å². The predicted octanol–water partition coefficient (Wildman–Crippen LogP) is 3.01. The molecule has 0 spiro atoms. The quantitative estimate of drug-likeness (QED) is 0.923. The fourth-order valence-electron chi connectivity index (χ4n) is 2.90. The molecule has 2 heterocycles. The third-order valence-electron chi connectivity index (χ3n) is 4.01. The summed E-state index contributed by atoms with van der Waals surface area (Å²) in [5, 5.41) is 0.488. The lowest BCUT2D eigenvalue weighted by atomic mass is 10.0. The first-order valence-electron chi connectivity index (χ1n) is 7.27. The van der Waals surface area contributed by atoms with E-state index in [4.69, 9.17) is 21.1 Å². The molecule has 23 heavy (non-hydrogen) atoms. The average Bonchev–Trinajstić information content (AvgIpc) is 3.16. The molecule has 0 saturated heterocycles. The lowest BCUT2D eigenvalue weighted by Gasteiger charge is -2.15. The van der Waals surface area contributed by atoms with E-state index in [2.05, 4.69) is 4.72 Å². The van der Waals surface area contributed by atoms with Crippen LogP contribution in [0.5, 0.6) is 11.5 Å². The van der Waals surface area contributed by atoms with Crippen LogP contribution >= 0.6 is 11.6 Å².